The van der Waals surface area contributed by atoms with Crippen molar-refractivity contribution in [3.8, 4) is 0 Å². The third-order valence-electron chi connectivity index (χ3n) is 8.43. The summed E-state index contributed by atoms with van der Waals surface area (Å²) >= 11 is 6.13. The van der Waals surface area contributed by atoms with Gasteiger partial charge in [0.15, 0.2) is 0 Å². The maximum atomic E-state index is 12.9. The van der Waals surface area contributed by atoms with Crippen molar-refractivity contribution in [2.24, 2.45) is 33.0 Å². The van der Waals surface area contributed by atoms with E-state index in [0.29, 0.717) is 28.9 Å². The maximum Gasteiger partial charge on any atom is 0.212 e. The van der Waals surface area contributed by atoms with Crippen molar-refractivity contribution < 1.29 is 9.59 Å². The van der Waals surface area contributed by atoms with E-state index in [-0.39, 0.29) is 11.5 Å². The number of aldehydes is 1. The molecule has 1 fully saturated rings. The molecule has 9 nitrogen and oxygen atoms in total. The van der Waals surface area contributed by atoms with E-state index < -0.39 is 5.66 Å². The number of likely N-dealkylation sites (N-methyl/N-ethyl adjacent to an activating group) is 1. The Hall–Kier alpha value is -3.27. The quantitative estimate of drug-likeness (QED) is 0.0685. The third kappa shape index (κ3) is 10.7. The van der Waals surface area contributed by atoms with Crippen LogP contribution in [0, 0.1) is 11.3 Å². The normalized spacial score (nSPS) is 19.8. The predicted molar refractivity (Wildman–Crippen MR) is 183 cm³/mol. The van der Waals surface area contributed by atoms with E-state index in [2.05, 4.69) is 43.6 Å². The van der Waals surface area contributed by atoms with Gasteiger partial charge in [-0.2, -0.15) is 5.10 Å². The summed E-state index contributed by atoms with van der Waals surface area (Å²) in [6, 6.07) is 15.3. The van der Waals surface area contributed by atoms with Crippen LogP contribution in [0.2, 0.25) is 5.02 Å². The van der Waals surface area contributed by atoms with Crippen LogP contribution >= 0.6 is 11.6 Å². The molecule has 2 aromatic carbocycles. The summed E-state index contributed by atoms with van der Waals surface area (Å²) in [7, 11) is 1.78. The van der Waals surface area contributed by atoms with Crippen molar-refractivity contribution in [3.63, 3.8) is 0 Å². The summed E-state index contributed by atoms with van der Waals surface area (Å²) in [6.07, 6.45) is 8.48. The number of hydrazone groups is 1. The van der Waals surface area contributed by atoms with Gasteiger partial charge in [0.05, 0.1) is 12.6 Å². The summed E-state index contributed by atoms with van der Waals surface area (Å²) in [6.45, 7) is 11.7. The number of amidine groups is 1. The fourth-order valence-corrected chi connectivity index (χ4v) is 5.99. The van der Waals surface area contributed by atoms with E-state index in [9.17, 15) is 9.59 Å². The molecule has 0 aromatic heterocycles. The lowest BCUT2D eigenvalue weighted by Gasteiger charge is -2.49. The molecule has 2 aromatic rings. The first-order chi connectivity index (χ1) is 20.9. The molecule has 1 atom stereocenters. The second kappa shape index (κ2) is 17.9. The smallest absolute Gasteiger partial charge is 0.212 e. The van der Waals surface area contributed by atoms with E-state index in [1.165, 1.54) is 0 Å². The minimum atomic E-state index is -0.616. The van der Waals surface area contributed by atoms with Gasteiger partial charge < -0.3 is 16.0 Å². The molecule has 44 heavy (non-hydrogen) atoms. The zero-order valence-corrected chi connectivity index (χ0v) is 28.0. The van der Waals surface area contributed by atoms with Gasteiger partial charge in [0, 0.05) is 16.3 Å². The summed E-state index contributed by atoms with van der Waals surface area (Å²) in [5.41, 5.74) is 10.5. The molecule has 3 rings (SSSR count). The number of halogens is 1. The fourth-order valence-electron chi connectivity index (χ4n) is 5.87. The van der Waals surface area contributed by atoms with Crippen LogP contribution in [-0.4, -0.2) is 48.4 Å². The van der Waals surface area contributed by atoms with E-state index in [1.807, 2.05) is 60.4 Å². The van der Waals surface area contributed by atoms with Crippen LogP contribution in [0.3, 0.4) is 0 Å². The number of benzene rings is 2. The zero-order valence-electron chi connectivity index (χ0n) is 27.3. The molecule has 242 valence electrons. The van der Waals surface area contributed by atoms with Crippen molar-refractivity contribution in [3.05, 3.63) is 70.2 Å². The molecule has 0 heterocycles. The number of nitrogens with one attached hydrogen (secondary N) is 2. The molecule has 6 N–H and O–H groups in total. The van der Waals surface area contributed by atoms with Crippen LogP contribution in [-0.2, 0) is 4.79 Å². The molecule has 10 heteroatoms. The number of hydrogen-bond acceptors (Lipinski definition) is 7. The predicted octanol–water partition coefficient (Wildman–Crippen LogP) is 6.23. The fraction of sp³-hybridized carbons (Fsp3) is 0.529. The Morgan fingerprint density at radius 3 is 2.20 bits per heavy atom. The third-order valence-corrected chi connectivity index (χ3v) is 8.69. The van der Waals surface area contributed by atoms with Gasteiger partial charge in [-0.3, -0.25) is 14.6 Å². The molecule has 0 bridgehead atoms. The van der Waals surface area contributed by atoms with E-state index in [4.69, 9.17) is 28.2 Å². The second-order valence-corrected chi connectivity index (χ2v) is 13.0. The van der Waals surface area contributed by atoms with Gasteiger partial charge >= 0.3 is 0 Å². The molecule has 1 saturated carbocycles. The van der Waals surface area contributed by atoms with Crippen LogP contribution in [0.5, 0.6) is 0 Å². The lowest BCUT2D eigenvalue weighted by atomic mass is 9.69. The number of carbonyl (C=O) groups is 2. The molecule has 0 spiro atoms. The van der Waals surface area contributed by atoms with Crippen LogP contribution < -0.4 is 22.4 Å². The Morgan fingerprint density at radius 2 is 1.73 bits per heavy atom. The van der Waals surface area contributed by atoms with Gasteiger partial charge in [-0.25, -0.2) is 11.4 Å². The number of hydrogen-bond donors (Lipinski definition) is 4. The Labute approximate surface area is 268 Å². The highest BCUT2D eigenvalue weighted by Crippen LogP contribution is 2.47. The first-order valence-electron chi connectivity index (χ1n) is 15.5. The SMILES string of the molecule is CCCCC(c1ccc(C=O)cc1)N(C=O)C1(/N=C(\C)c2ccc(Cl)cc2)CCC(C(C)(C)C)CC1.CNC/C(N)=N/NN. The van der Waals surface area contributed by atoms with Crippen molar-refractivity contribution >= 4 is 35.8 Å². The van der Waals surface area contributed by atoms with Crippen molar-refractivity contribution in [2.75, 3.05) is 13.6 Å². The highest BCUT2D eigenvalue weighted by Gasteiger charge is 2.45. The van der Waals surface area contributed by atoms with Gasteiger partial charge in [0.1, 0.15) is 17.8 Å². The first kappa shape index (κ1) is 36.9. The Balaban J connectivity index is 0.000000742. The number of rotatable bonds is 13. The highest BCUT2D eigenvalue weighted by atomic mass is 35.5. The molecule has 1 aliphatic rings. The number of nitrogens with zero attached hydrogens (tertiary/aromatic N) is 3. The summed E-state index contributed by atoms with van der Waals surface area (Å²) in [5, 5.41) is 6.97. The average molecular weight is 626 g/mol. The summed E-state index contributed by atoms with van der Waals surface area (Å²) < 4.78 is 0. The Kier molecular flexibility index (Phi) is 15.0. The number of carbonyl (C=O) groups excluding carboxylic acids is 2. The molecule has 0 aliphatic heterocycles. The summed E-state index contributed by atoms with van der Waals surface area (Å²) in [4.78, 5) is 31.5. The molecule has 0 saturated heterocycles. The van der Waals surface area contributed by atoms with Crippen LogP contribution in [0.4, 0.5) is 0 Å². The van der Waals surface area contributed by atoms with E-state index in [1.54, 1.807) is 7.05 Å². The number of aliphatic imine (C=N–C) groups is 1. The first-order valence-corrected chi connectivity index (χ1v) is 15.9. The molecule has 1 unspecified atom stereocenters. The largest absolute Gasteiger partial charge is 0.385 e. The van der Waals surface area contributed by atoms with Crippen LogP contribution in [0.1, 0.15) is 107 Å². The maximum absolute atomic E-state index is 12.9. The minimum absolute atomic E-state index is 0.101. The van der Waals surface area contributed by atoms with Gasteiger partial charge in [-0.15, -0.1) is 0 Å². The topological polar surface area (TPSA) is 138 Å². The minimum Gasteiger partial charge on any atom is -0.385 e. The molecule has 1 amide bonds. The van der Waals surface area contributed by atoms with Gasteiger partial charge in [0.2, 0.25) is 6.41 Å². The van der Waals surface area contributed by atoms with Crippen molar-refractivity contribution in [1.29, 1.82) is 0 Å². The standard InChI is InChI=1S/C31H41ClN2O2.C3H11N5/c1-6-7-8-29(26-11-9-24(21-35)10-12-26)34(22-36)31(19-17-27(18-20-31)30(3,4)5)33-23(2)25-13-15-28(32)16-14-25;1-6-2-3(4)7-8-5/h9-16,21-22,27,29H,6-8,17-20H2,1-5H3;6,8H,2,5H2,1H3,(H2,4,7)/b33-23+;. The van der Waals surface area contributed by atoms with Crippen molar-refractivity contribution in [1.82, 2.24) is 15.8 Å². The zero-order chi connectivity index (χ0) is 32.8. The molecule has 1 aliphatic carbocycles. The van der Waals surface area contributed by atoms with E-state index >= 15 is 0 Å². The van der Waals surface area contributed by atoms with Crippen LogP contribution in [0.25, 0.3) is 0 Å². The van der Waals surface area contributed by atoms with E-state index in [0.717, 1.165) is 74.5 Å². The lowest BCUT2D eigenvalue weighted by Crippen LogP contribution is -2.52. The Morgan fingerprint density at radius 1 is 1.11 bits per heavy atom. The lowest BCUT2D eigenvalue weighted by molar-refractivity contribution is -0.130. The van der Waals surface area contributed by atoms with Gasteiger partial charge in [-0.05, 0) is 80.7 Å². The molecule has 0 radical (unpaired) electrons. The number of unbranched alkanes of at least 4 members (excludes halogenated alkanes) is 1. The van der Waals surface area contributed by atoms with Crippen molar-refractivity contribution in [2.45, 2.75) is 91.3 Å². The highest BCUT2D eigenvalue weighted by molar-refractivity contribution is 6.30. The number of hydrazine groups is 1. The Bertz CT molecular complexity index is 1220. The number of nitrogens with two attached hydrogens (primary N) is 2. The average Bonchev–Trinajstić information content (AvgIpc) is 3.00. The van der Waals surface area contributed by atoms with Gasteiger partial charge in [0.25, 0.3) is 0 Å². The molecular weight excluding hydrogens is 574 g/mol. The van der Waals surface area contributed by atoms with Crippen LogP contribution in [0.15, 0.2) is 58.6 Å². The molecular formula is C34H52ClN7O2. The monoisotopic (exact) mass is 625 g/mol. The second-order valence-electron chi connectivity index (χ2n) is 12.5. The summed E-state index contributed by atoms with van der Waals surface area (Å²) in [5.74, 6) is 5.84. The number of amides is 1. The van der Waals surface area contributed by atoms with Gasteiger partial charge in [-0.1, -0.05) is 88.5 Å².